The molecule has 0 aliphatic carbocycles. The molecule has 0 bridgehead atoms. The SMILES string of the molecule is CCN1C(=O)NC2(CCN(S(=O)(=O)c3cccc(F)c3)CC2)C1=O. The van der Waals surface area contributed by atoms with Crippen molar-refractivity contribution in [1.82, 2.24) is 14.5 Å². The molecule has 2 saturated heterocycles. The van der Waals surface area contributed by atoms with Crippen LogP contribution in [0.4, 0.5) is 9.18 Å². The molecule has 7 nitrogen and oxygen atoms in total. The molecular weight excluding hydrogens is 337 g/mol. The maximum absolute atomic E-state index is 13.3. The Morgan fingerprint density at radius 1 is 1.25 bits per heavy atom. The molecule has 130 valence electrons. The van der Waals surface area contributed by atoms with Crippen LogP contribution in [-0.4, -0.2) is 54.7 Å². The van der Waals surface area contributed by atoms with Gasteiger partial charge in [-0.05, 0) is 38.0 Å². The van der Waals surface area contributed by atoms with Gasteiger partial charge in [0.25, 0.3) is 5.91 Å². The molecule has 0 aromatic heterocycles. The van der Waals surface area contributed by atoms with Crippen molar-refractivity contribution in [3.63, 3.8) is 0 Å². The number of carbonyl (C=O) groups is 2. The normalized spacial score (nSPS) is 21.3. The molecule has 0 saturated carbocycles. The number of nitrogens with zero attached hydrogens (tertiary/aromatic N) is 2. The van der Waals surface area contributed by atoms with E-state index in [0.717, 1.165) is 11.0 Å². The van der Waals surface area contributed by atoms with E-state index in [-0.39, 0.29) is 43.3 Å². The van der Waals surface area contributed by atoms with Crippen molar-refractivity contribution in [2.75, 3.05) is 19.6 Å². The summed E-state index contributed by atoms with van der Waals surface area (Å²) >= 11 is 0. The van der Waals surface area contributed by atoms with E-state index in [0.29, 0.717) is 0 Å². The van der Waals surface area contributed by atoms with Crippen LogP contribution in [0.15, 0.2) is 29.2 Å². The molecule has 1 N–H and O–H groups in total. The summed E-state index contributed by atoms with van der Waals surface area (Å²) in [5, 5.41) is 2.70. The highest BCUT2D eigenvalue weighted by Crippen LogP contribution is 2.31. The van der Waals surface area contributed by atoms with Gasteiger partial charge in [-0.3, -0.25) is 9.69 Å². The average molecular weight is 355 g/mol. The Kier molecular flexibility index (Phi) is 4.08. The highest BCUT2D eigenvalue weighted by Gasteiger charge is 2.52. The van der Waals surface area contributed by atoms with Crippen molar-refractivity contribution in [1.29, 1.82) is 0 Å². The van der Waals surface area contributed by atoms with Crippen molar-refractivity contribution in [2.45, 2.75) is 30.2 Å². The lowest BCUT2D eigenvalue weighted by Gasteiger charge is -2.36. The third-order valence-electron chi connectivity index (χ3n) is 4.57. The number of carbonyl (C=O) groups excluding carboxylic acids is 2. The minimum absolute atomic E-state index is 0.0857. The van der Waals surface area contributed by atoms with Crippen molar-refractivity contribution in [3.05, 3.63) is 30.1 Å². The molecule has 0 unspecified atom stereocenters. The first-order valence-corrected chi connectivity index (χ1v) is 9.14. The van der Waals surface area contributed by atoms with Gasteiger partial charge >= 0.3 is 6.03 Å². The first kappa shape index (κ1) is 16.8. The van der Waals surface area contributed by atoms with Gasteiger partial charge in [-0.2, -0.15) is 4.31 Å². The standard InChI is InChI=1S/C15H18FN3O4S/c1-2-19-13(20)15(17-14(19)21)6-8-18(9-7-15)24(22,23)12-5-3-4-11(16)10-12/h3-5,10H,2,6-9H2,1H3,(H,17,21). The Morgan fingerprint density at radius 2 is 1.92 bits per heavy atom. The summed E-state index contributed by atoms with van der Waals surface area (Å²) in [6.07, 6.45) is 0.394. The van der Waals surface area contributed by atoms with E-state index in [1.54, 1.807) is 6.92 Å². The van der Waals surface area contributed by atoms with Crippen LogP contribution >= 0.6 is 0 Å². The van der Waals surface area contributed by atoms with E-state index >= 15 is 0 Å². The summed E-state index contributed by atoms with van der Waals surface area (Å²) in [5.74, 6) is -0.931. The topological polar surface area (TPSA) is 86.8 Å². The van der Waals surface area contributed by atoms with Gasteiger partial charge < -0.3 is 5.32 Å². The average Bonchev–Trinajstić information content (AvgIpc) is 2.78. The zero-order chi connectivity index (χ0) is 17.5. The minimum Gasteiger partial charge on any atom is -0.323 e. The molecule has 2 heterocycles. The Bertz CT molecular complexity index is 788. The fourth-order valence-corrected chi connectivity index (χ4v) is 4.66. The van der Waals surface area contributed by atoms with Gasteiger partial charge in [0.05, 0.1) is 4.90 Å². The Balaban J connectivity index is 1.78. The lowest BCUT2D eigenvalue weighted by atomic mass is 9.88. The van der Waals surface area contributed by atoms with E-state index in [4.69, 9.17) is 0 Å². The lowest BCUT2D eigenvalue weighted by molar-refractivity contribution is -0.132. The van der Waals surface area contributed by atoms with Gasteiger partial charge in [0.15, 0.2) is 0 Å². The van der Waals surface area contributed by atoms with Crippen molar-refractivity contribution in [3.8, 4) is 0 Å². The smallest absolute Gasteiger partial charge is 0.323 e. The van der Waals surface area contributed by atoms with Crippen LogP contribution in [0.2, 0.25) is 0 Å². The molecule has 24 heavy (non-hydrogen) atoms. The number of amides is 3. The first-order chi connectivity index (χ1) is 11.3. The third-order valence-corrected chi connectivity index (χ3v) is 6.47. The molecule has 2 aliphatic rings. The predicted octanol–water partition coefficient (Wildman–Crippen LogP) is 0.921. The largest absolute Gasteiger partial charge is 0.325 e. The number of nitrogens with one attached hydrogen (secondary N) is 1. The summed E-state index contributed by atoms with van der Waals surface area (Å²) < 4.78 is 39.7. The van der Waals surface area contributed by atoms with E-state index in [9.17, 15) is 22.4 Å². The molecule has 9 heteroatoms. The van der Waals surface area contributed by atoms with Gasteiger partial charge in [0, 0.05) is 19.6 Å². The monoisotopic (exact) mass is 355 g/mol. The van der Waals surface area contributed by atoms with Crippen LogP contribution in [0, 0.1) is 5.82 Å². The number of sulfonamides is 1. The molecule has 3 amide bonds. The van der Waals surface area contributed by atoms with E-state index in [1.165, 1.54) is 22.5 Å². The fourth-order valence-electron chi connectivity index (χ4n) is 3.19. The summed E-state index contributed by atoms with van der Waals surface area (Å²) in [5.41, 5.74) is -1.03. The van der Waals surface area contributed by atoms with Crippen LogP contribution in [0.5, 0.6) is 0 Å². The fraction of sp³-hybridized carbons (Fsp3) is 0.467. The van der Waals surface area contributed by atoms with Crippen LogP contribution in [0.3, 0.4) is 0 Å². The number of piperidine rings is 1. The van der Waals surface area contributed by atoms with Crippen LogP contribution in [-0.2, 0) is 14.8 Å². The van der Waals surface area contributed by atoms with Crippen LogP contribution in [0.1, 0.15) is 19.8 Å². The second-order valence-electron chi connectivity index (χ2n) is 5.92. The highest BCUT2D eigenvalue weighted by molar-refractivity contribution is 7.89. The molecule has 2 aliphatic heterocycles. The zero-order valence-corrected chi connectivity index (χ0v) is 14.0. The summed E-state index contributed by atoms with van der Waals surface area (Å²) in [7, 11) is -3.83. The number of hydrogen-bond donors (Lipinski definition) is 1. The van der Waals surface area contributed by atoms with Gasteiger partial charge in [0.2, 0.25) is 10.0 Å². The zero-order valence-electron chi connectivity index (χ0n) is 13.2. The van der Waals surface area contributed by atoms with Gasteiger partial charge in [-0.25, -0.2) is 17.6 Å². The molecular formula is C15H18FN3O4S. The van der Waals surface area contributed by atoms with Crippen molar-refractivity contribution >= 4 is 22.0 Å². The number of urea groups is 1. The molecule has 1 aromatic carbocycles. The molecule has 0 radical (unpaired) electrons. The second kappa shape index (κ2) is 5.82. The highest BCUT2D eigenvalue weighted by atomic mass is 32.2. The Labute approximate surface area is 139 Å². The number of halogens is 1. The molecule has 1 spiro atoms. The molecule has 0 atom stereocenters. The Hall–Kier alpha value is -2.00. The molecule has 3 rings (SSSR count). The quantitative estimate of drug-likeness (QED) is 0.817. The number of imide groups is 1. The van der Waals surface area contributed by atoms with E-state index < -0.39 is 27.4 Å². The second-order valence-corrected chi connectivity index (χ2v) is 7.86. The third kappa shape index (κ3) is 2.57. The number of benzene rings is 1. The summed E-state index contributed by atoms with van der Waals surface area (Å²) in [4.78, 5) is 25.3. The maximum atomic E-state index is 13.3. The molecule has 2 fully saturated rings. The molecule has 1 aromatic rings. The predicted molar refractivity (Wildman–Crippen MR) is 83.0 cm³/mol. The Morgan fingerprint density at radius 3 is 2.46 bits per heavy atom. The summed E-state index contributed by atoms with van der Waals surface area (Å²) in [6, 6.07) is 4.39. The van der Waals surface area contributed by atoms with Crippen LogP contribution in [0.25, 0.3) is 0 Å². The minimum atomic E-state index is -3.83. The lowest BCUT2D eigenvalue weighted by Crippen LogP contribution is -2.55. The number of likely N-dealkylation sites (N-methyl/N-ethyl adjacent to an activating group) is 1. The summed E-state index contributed by atoms with van der Waals surface area (Å²) in [6.45, 7) is 2.16. The number of hydrogen-bond acceptors (Lipinski definition) is 4. The van der Waals surface area contributed by atoms with Crippen LogP contribution < -0.4 is 5.32 Å². The van der Waals surface area contributed by atoms with Gasteiger partial charge in [-0.1, -0.05) is 6.07 Å². The number of rotatable bonds is 3. The first-order valence-electron chi connectivity index (χ1n) is 7.70. The van der Waals surface area contributed by atoms with Crippen molar-refractivity contribution in [2.24, 2.45) is 0 Å². The van der Waals surface area contributed by atoms with E-state index in [2.05, 4.69) is 5.32 Å². The maximum Gasteiger partial charge on any atom is 0.325 e. The van der Waals surface area contributed by atoms with Crippen molar-refractivity contribution < 1.29 is 22.4 Å². The van der Waals surface area contributed by atoms with Gasteiger partial charge in [0.1, 0.15) is 11.4 Å². The van der Waals surface area contributed by atoms with E-state index in [1.807, 2.05) is 0 Å². The van der Waals surface area contributed by atoms with Gasteiger partial charge in [-0.15, -0.1) is 0 Å².